The Balaban J connectivity index is 2.74. The summed E-state index contributed by atoms with van der Waals surface area (Å²) in [5.41, 5.74) is 0.182. The fraction of sp³-hybridized carbons (Fsp3) is 0.417. The number of carboxylic acids is 1. The van der Waals surface area contributed by atoms with E-state index in [2.05, 4.69) is 38.7 Å². The molecule has 0 aliphatic rings. The summed E-state index contributed by atoms with van der Waals surface area (Å²) in [4.78, 5) is 25.1. The SMILES string of the molecule is COc1cccc(CC(CC(=O)O)(C(=O)S)c2cc(Cl)ccc2NCC(C)(C)C)c1OC. The molecule has 1 atom stereocenters. The molecule has 1 unspecified atom stereocenters. The van der Waals surface area contributed by atoms with Crippen molar-refractivity contribution in [3.63, 3.8) is 0 Å². The standard InChI is InChI=1S/C24H30ClNO5S/c1-23(2,3)14-26-18-10-9-16(25)11-17(18)24(22(29)32,13-20(27)28)12-15-7-6-8-19(30-4)21(15)31-5/h6-11,26H,12-14H2,1-5H3,(H,27,28)(H,29,32). The number of methoxy groups -OCH3 is 2. The van der Waals surface area contributed by atoms with E-state index in [4.69, 9.17) is 21.1 Å². The van der Waals surface area contributed by atoms with Gasteiger partial charge < -0.3 is 19.9 Å². The fourth-order valence-corrected chi connectivity index (χ4v) is 4.07. The van der Waals surface area contributed by atoms with Gasteiger partial charge in [-0.2, -0.15) is 0 Å². The van der Waals surface area contributed by atoms with Crippen molar-refractivity contribution in [2.45, 2.75) is 39.0 Å². The molecule has 0 aromatic heterocycles. The van der Waals surface area contributed by atoms with Gasteiger partial charge in [0.1, 0.15) is 0 Å². The van der Waals surface area contributed by atoms with Gasteiger partial charge in [0.05, 0.1) is 26.1 Å². The number of hydrogen-bond donors (Lipinski definition) is 3. The third-order valence-corrected chi connectivity index (χ3v) is 5.81. The Hall–Kier alpha value is -2.38. The predicted octanol–water partition coefficient (Wildman–Crippen LogP) is 5.23. The third-order valence-electron chi connectivity index (χ3n) is 5.15. The molecule has 0 aliphatic heterocycles. The van der Waals surface area contributed by atoms with Crippen LogP contribution in [0.25, 0.3) is 0 Å². The zero-order valence-electron chi connectivity index (χ0n) is 19.0. The number of carbonyl (C=O) groups is 2. The summed E-state index contributed by atoms with van der Waals surface area (Å²) in [5, 5.41) is 13.0. The first-order valence-electron chi connectivity index (χ1n) is 10.1. The summed E-state index contributed by atoms with van der Waals surface area (Å²) in [6.07, 6.45) is -0.438. The monoisotopic (exact) mass is 479 g/mol. The normalized spacial score (nSPS) is 13.2. The Kier molecular flexibility index (Phi) is 8.48. The predicted molar refractivity (Wildman–Crippen MR) is 131 cm³/mol. The van der Waals surface area contributed by atoms with Gasteiger partial charge in [0.2, 0.25) is 0 Å². The topological polar surface area (TPSA) is 84.9 Å². The molecule has 174 valence electrons. The smallest absolute Gasteiger partial charge is 0.304 e. The van der Waals surface area contributed by atoms with Crippen LogP contribution in [-0.4, -0.2) is 37.0 Å². The molecule has 2 aromatic carbocycles. The molecule has 8 heteroatoms. The summed E-state index contributed by atoms with van der Waals surface area (Å²) in [7, 11) is 3.01. The van der Waals surface area contributed by atoms with Crippen LogP contribution >= 0.6 is 24.2 Å². The van der Waals surface area contributed by atoms with E-state index in [1.54, 1.807) is 36.4 Å². The van der Waals surface area contributed by atoms with Gasteiger partial charge in [-0.15, -0.1) is 12.6 Å². The maximum atomic E-state index is 13.1. The van der Waals surface area contributed by atoms with Gasteiger partial charge in [-0.1, -0.05) is 44.5 Å². The van der Waals surface area contributed by atoms with Gasteiger partial charge in [0, 0.05) is 17.3 Å². The lowest BCUT2D eigenvalue weighted by molar-refractivity contribution is -0.140. The molecule has 0 amide bonds. The number of anilines is 1. The van der Waals surface area contributed by atoms with E-state index in [0.29, 0.717) is 39.9 Å². The summed E-state index contributed by atoms with van der Waals surface area (Å²) >= 11 is 10.5. The number of hydrogen-bond acceptors (Lipinski definition) is 5. The Labute approximate surface area is 199 Å². The lowest BCUT2D eigenvalue weighted by atomic mass is 9.73. The zero-order valence-corrected chi connectivity index (χ0v) is 20.6. The molecular formula is C24H30ClNO5S. The van der Waals surface area contributed by atoms with E-state index in [1.807, 2.05) is 0 Å². The Morgan fingerprint density at radius 3 is 2.34 bits per heavy atom. The van der Waals surface area contributed by atoms with Crippen molar-refractivity contribution in [3.05, 3.63) is 52.5 Å². The van der Waals surface area contributed by atoms with Gasteiger partial charge in [-0.05, 0) is 47.2 Å². The number of nitrogens with one attached hydrogen (secondary N) is 1. The molecule has 0 heterocycles. The minimum absolute atomic E-state index is 0.0343. The molecule has 0 spiro atoms. The van der Waals surface area contributed by atoms with E-state index in [9.17, 15) is 14.7 Å². The summed E-state index contributed by atoms with van der Waals surface area (Å²) < 4.78 is 10.9. The van der Waals surface area contributed by atoms with E-state index < -0.39 is 22.9 Å². The van der Waals surface area contributed by atoms with Crippen LogP contribution in [0.1, 0.15) is 38.3 Å². The van der Waals surface area contributed by atoms with Crippen molar-refractivity contribution >= 4 is 41.0 Å². The summed E-state index contributed by atoms with van der Waals surface area (Å²) in [6, 6.07) is 10.4. The Morgan fingerprint density at radius 2 is 1.81 bits per heavy atom. The van der Waals surface area contributed by atoms with Gasteiger partial charge in [0.15, 0.2) is 16.6 Å². The minimum Gasteiger partial charge on any atom is -0.493 e. The highest BCUT2D eigenvalue weighted by Crippen LogP contribution is 2.43. The van der Waals surface area contributed by atoms with E-state index in [1.165, 1.54) is 14.2 Å². The number of carbonyl (C=O) groups excluding carboxylic acids is 1. The van der Waals surface area contributed by atoms with Crippen molar-refractivity contribution in [2.24, 2.45) is 5.41 Å². The zero-order chi connectivity index (χ0) is 24.1. The van der Waals surface area contributed by atoms with E-state index in [-0.39, 0.29) is 11.8 Å². The number of carboxylic acid groups (broad SMARTS) is 1. The summed E-state index contributed by atoms with van der Waals surface area (Å²) in [5.74, 6) is -0.209. The fourth-order valence-electron chi connectivity index (χ4n) is 3.62. The number of para-hydroxylation sites is 1. The first-order chi connectivity index (χ1) is 14.9. The highest BCUT2D eigenvalue weighted by molar-refractivity contribution is 7.96. The van der Waals surface area contributed by atoms with Gasteiger partial charge in [0.25, 0.3) is 0 Å². The average Bonchev–Trinajstić information content (AvgIpc) is 2.70. The van der Waals surface area contributed by atoms with Crippen LogP contribution in [-0.2, 0) is 21.4 Å². The molecule has 2 aromatic rings. The molecule has 0 saturated carbocycles. The van der Waals surface area contributed by atoms with Crippen molar-refractivity contribution in [1.29, 1.82) is 0 Å². The van der Waals surface area contributed by atoms with Gasteiger partial charge in [-0.3, -0.25) is 9.59 Å². The van der Waals surface area contributed by atoms with E-state index in [0.717, 1.165) is 0 Å². The van der Waals surface area contributed by atoms with Crippen LogP contribution < -0.4 is 14.8 Å². The first-order valence-corrected chi connectivity index (χ1v) is 10.9. The van der Waals surface area contributed by atoms with Crippen LogP contribution in [0.3, 0.4) is 0 Å². The number of aliphatic carboxylic acids is 1. The maximum Gasteiger partial charge on any atom is 0.304 e. The number of rotatable bonds is 10. The van der Waals surface area contributed by atoms with E-state index >= 15 is 0 Å². The highest BCUT2D eigenvalue weighted by Gasteiger charge is 2.43. The van der Waals surface area contributed by atoms with Gasteiger partial charge >= 0.3 is 5.97 Å². The van der Waals surface area contributed by atoms with Crippen molar-refractivity contribution in [2.75, 3.05) is 26.1 Å². The van der Waals surface area contributed by atoms with Crippen molar-refractivity contribution in [1.82, 2.24) is 0 Å². The summed E-state index contributed by atoms with van der Waals surface area (Å²) in [6.45, 7) is 6.83. The second-order valence-electron chi connectivity index (χ2n) is 8.89. The lowest BCUT2D eigenvalue weighted by Crippen LogP contribution is -2.39. The van der Waals surface area contributed by atoms with Crippen LogP contribution in [0.15, 0.2) is 36.4 Å². The average molecular weight is 480 g/mol. The number of ether oxygens (including phenoxy) is 2. The second-order valence-corrected chi connectivity index (χ2v) is 9.73. The van der Waals surface area contributed by atoms with Crippen LogP contribution in [0.2, 0.25) is 5.02 Å². The molecule has 0 aliphatic carbocycles. The molecule has 0 radical (unpaired) electrons. The Morgan fingerprint density at radius 1 is 1.12 bits per heavy atom. The quantitative estimate of drug-likeness (QED) is 0.405. The number of benzene rings is 2. The molecule has 2 rings (SSSR count). The molecular weight excluding hydrogens is 450 g/mol. The Bertz CT molecular complexity index is 989. The molecule has 32 heavy (non-hydrogen) atoms. The first kappa shape index (κ1) is 25.9. The molecule has 0 saturated heterocycles. The highest BCUT2D eigenvalue weighted by atomic mass is 35.5. The molecule has 6 nitrogen and oxygen atoms in total. The molecule has 2 N–H and O–H groups in total. The van der Waals surface area contributed by atoms with Crippen molar-refractivity contribution in [3.8, 4) is 11.5 Å². The number of thiol groups is 1. The third kappa shape index (κ3) is 6.11. The minimum atomic E-state index is -1.50. The van der Waals surface area contributed by atoms with Crippen LogP contribution in [0.5, 0.6) is 11.5 Å². The number of halogens is 1. The van der Waals surface area contributed by atoms with Crippen LogP contribution in [0.4, 0.5) is 5.69 Å². The lowest BCUT2D eigenvalue weighted by Gasteiger charge is -2.33. The molecule has 0 bridgehead atoms. The second kappa shape index (κ2) is 10.5. The largest absolute Gasteiger partial charge is 0.493 e. The van der Waals surface area contributed by atoms with Gasteiger partial charge in [-0.25, -0.2) is 0 Å². The van der Waals surface area contributed by atoms with Crippen LogP contribution in [0, 0.1) is 5.41 Å². The van der Waals surface area contributed by atoms with Crippen molar-refractivity contribution < 1.29 is 24.2 Å². The maximum absolute atomic E-state index is 13.1. The molecule has 0 fully saturated rings.